The Bertz CT molecular complexity index is 739. The highest BCUT2D eigenvalue weighted by Crippen LogP contribution is 2.36. The summed E-state index contributed by atoms with van der Waals surface area (Å²) in [6.45, 7) is 14.5. The van der Waals surface area contributed by atoms with E-state index in [-0.39, 0.29) is 5.04 Å². The summed E-state index contributed by atoms with van der Waals surface area (Å²) in [6.07, 6.45) is 4.93. The fourth-order valence-electron chi connectivity index (χ4n) is 4.41. The molecule has 0 N–H and O–H groups in total. The standard InChI is InChI=1S/C30H48O5Si/c1-5-6-7-14-19-31-20-21-32-22-23-33-24-25-34-26-27-35-36(30(2,3)4,28-15-10-8-11-16-28)29-17-12-9-13-18-29/h8-13,15-18H,5-7,14,19-27H2,1-4H3. The lowest BCUT2D eigenvalue weighted by Gasteiger charge is -2.43. The van der Waals surface area contributed by atoms with Gasteiger partial charge in [-0.3, -0.25) is 0 Å². The Morgan fingerprint density at radius 1 is 0.528 bits per heavy atom. The van der Waals surface area contributed by atoms with Gasteiger partial charge in [-0.05, 0) is 21.8 Å². The quantitative estimate of drug-likeness (QED) is 0.179. The molecule has 2 aromatic carbocycles. The summed E-state index contributed by atoms with van der Waals surface area (Å²) in [4.78, 5) is 0. The van der Waals surface area contributed by atoms with E-state index < -0.39 is 8.32 Å². The van der Waals surface area contributed by atoms with Gasteiger partial charge in [0.05, 0.1) is 52.9 Å². The van der Waals surface area contributed by atoms with Gasteiger partial charge in [-0.15, -0.1) is 0 Å². The van der Waals surface area contributed by atoms with Crippen molar-refractivity contribution in [2.45, 2.75) is 58.4 Å². The molecule has 5 nitrogen and oxygen atoms in total. The predicted molar refractivity (Wildman–Crippen MR) is 151 cm³/mol. The van der Waals surface area contributed by atoms with E-state index in [1.54, 1.807) is 0 Å². The Labute approximate surface area is 220 Å². The van der Waals surface area contributed by atoms with Crippen LogP contribution in [0, 0.1) is 0 Å². The molecule has 0 unspecified atom stereocenters. The lowest BCUT2D eigenvalue weighted by molar-refractivity contribution is -0.00517. The van der Waals surface area contributed by atoms with Crippen molar-refractivity contribution in [2.75, 3.05) is 59.5 Å². The maximum atomic E-state index is 6.83. The van der Waals surface area contributed by atoms with Crippen LogP contribution in [0.1, 0.15) is 53.4 Å². The molecule has 36 heavy (non-hydrogen) atoms. The molecule has 0 aromatic heterocycles. The molecular formula is C30H48O5Si. The van der Waals surface area contributed by atoms with E-state index in [0.29, 0.717) is 52.9 Å². The first-order chi connectivity index (χ1) is 17.5. The van der Waals surface area contributed by atoms with Crippen molar-refractivity contribution in [1.29, 1.82) is 0 Å². The smallest absolute Gasteiger partial charge is 0.261 e. The first kappa shape index (κ1) is 30.7. The second-order valence-electron chi connectivity index (χ2n) is 10.0. The lowest BCUT2D eigenvalue weighted by Crippen LogP contribution is -2.66. The molecule has 0 spiro atoms. The summed E-state index contributed by atoms with van der Waals surface area (Å²) in [7, 11) is -2.50. The second-order valence-corrected chi connectivity index (χ2v) is 14.3. The van der Waals surface area contributed by atoms with Gasteiger partial charge in [-0.25, -0.2) is 0 Å². The summed E-state index contributed by atoms with van der Waals surface area (Å²) < 4.78 is 29.4. The number of benzene rings is 2. The molecule has 0 aliphatic heterocycles. The minimum absolute atomic E-state index is 0.0289. The monoisotopic (exact) mass is 516 g/mol. The normalized spacial score (nSPS) is 12.2. The zero-order valence-corrected chi connectivity index (χ0v) is 24.0. The maximum Gasteiger partial charge on any atom is 0.261 e. The van der Waals surface area contributed by atoms with E-state index in [1.165, 1.54) is 29.6 Å². The van der Waals surface area contributed by atoms with E-state index in [4.69, 9.17) is 23.4 Å². The van der Waals surface area contributed by atoms with Gasteiger partial charge < -0.3 is 23.4 Å². The highest BCUT2D eigenvalue weighted by atomic mass is 28.4. The average Bonchev–Trinajstić information content (AvgIpc) is 2.88. The van der Waals surface area contributed by atoms with Crippen LogP contribution in [0.4, 0.5) is 0 Å². The van der Waals surface area contributed by atoms with Crippen molar-refractivity contribution >= 4 is 18.7 Å². The molecule has 0 fully saturated rings. The number of hydrogen-bond donors (Lipinski definition) is 0. The molecular weight excluding hydrogens is 468 g/mol. The summed E-state index contributed by atoms with van der Waals surface area (Å²) >= 11 is 0. The van der Waals surface area contributed by atoms with Crippen LogP contribution < -0.4 is 10.4 Å². The number of ether oxygens (including phenoxy) is 4. The molecule has 0 aliphatic rings. The molecule has 0 saturated carbocycles. The van der Waals surface area contributed by atoms with Crippen molar-refractivity contribution in [3.05, 3.63) is 60.7 Å². The van der Waals surface area contributed by atoms with Crippen molar-refractivity contribution in [2.24, 2.45) is 0 Å². The van der Waals surface area contributed by atoms with Crippen LogP contribution in [0.25, 0.3) is 0 Å². The van der Waals surface area contributed by atoms with Crippen LogP contribution in [-0.4, -0.2) is 67.8 Å². The molecule has 2 rings (SSSR count). The first-order valence-electron chi connectivity index (χ1n) is 13.6. The third-order valence-electron chi connectivity index (χ3n) is 6.22. The number of rotatable bonds is 20. The molecule has 6 heteroatoms. The average molecular weight is 517 g/mol. The minimum Gasteiger partial charge on any atom is -0.405 e. The second kappa shape index (κ2) is 17.8. The Balaban J connectivity index is 1.65. The van der Waals surface area contributed by atoms with Gasteiger partial charge in [-0.2, -0.15) is 0 Å². The largest absolute Gasteiger partial charge is 0.405 e. The van der Waals surface area contributed by atoms with Crippen LogP contribution in [-0.2, 0) is 23.4 Å². The third-order valence-corrected chi connectivity index (χ3v) is 11.3. The fourth-order valence-corrected chi connectivity index (χ4v) is 8.95. The molecule has 0 atom stereocenters. The Kier molecular flexibility index (Phi) is 15.2. The van der Waals surface area contributed by atoms with E-state index in [2.05, 4.69) is 88.4 Å². The fraction of sp³-hybridized carbons (Fsp3) is 0.600. The molecule has 202 valence electrons. The summed E-state index contributed by atoms with van der Waals surface area (Å²) in [5.74, 6) is 0. The molecule has 2 aromatic rings. The van der Waals surface area contributed by atoms with Gasteiger partial charge in [0, 0.05) is 6.61 Å². The highest BCUT2D eigenvalue weighted by Gasteiger charge is 2.49. The maximum absolute atomic E-state index is 6.83. The highest BCUT2D eigenvalue weighted by molar-refractivity contribution is 6.99. The van der Waals surface area contributed by atoms with Crippen molar-refractivity contribution < 1.29 is 23.4 Å². The molecule has 0 aliphatic carbocycles. The van der Waals surface area contributed by atoms with Crippen LogP contribution in [0.5, 0.6) is 0 Å². The third kappa shape index (κ3) is 10.4. The van der Waals surface area contributed by atoms with E-state index in [1.807, 2.05) is 0 Å². The van der Waals surface area contributed by atoms with Crippen molar-refractivity contribution in [3.63, 3.8) is 0 Å². The minimum atomic E-state index is -2.50. The van der Waals surface area contributed by atoms with E-state index in [0.717, 1.165) is 13.0 Å². The first-order valence-corrected chi connectivity index (χ1v) is 15.5. The van der Waals surface area contributed by atoms with E-state index in [9.17, 15) is 0 Å². The Hall–Kier alpha value is -1.54. The number of unbranched alkanes of at least 4 members (excludes halogenated alkanes) is 3. The Morgan fingerprint density at radius 2 is 0.944 bits per heavy atom. The zero-order chi connectivity index (χ0) is 26.0. The van der Waals surface area contributed by atoms with Gasteiger partial charge in [0.15, 0.2) is 0 Å². The van der Waals surface area contributed by atoms with E-state index >= 15 is 0 Å². The van der Waals surface area contributed by atoms with Crippen LogP contribution in [0.15, 0.2) is 60.7 Å². The lowest BCUT2D eigenvalue weighted by atomic mass is 10.2. The van der Waals surface area contributed by atoms with Crippen LogP contribution in [0.2, 0.25) is 5.04 Å². The molecule has 0 saturated heterocycles. The van der Waals surface area contributed by atoms with Gasteiger partial charge in [0.1, 0.15) is 0 Å². The molecule has 0 bridgehead atoms. The molecule has 0 radical (unpaired) electrons. The van der Waals surface area contributed by atoms with Crippen molar-refractivity contribution in [3.8, 4) is 0 Å². The van der Waals surface area contributed by atoms with Gasteiger partial charge in [0.2, 0.25) is 0 Å². The number of hydrogen-bond acceptors (Lipinski definition) is 5. The topological polar surface area (TPSA) is 46.2 Å². The summed E-state index contributed by atoms with van der Waals surface area (Å²) in [5.41, 5.74) is 0. The zero-order valence-electron chi connectivity index (χ0n) is 23.0. The predicted octanol–water partition coefficient (Wildman–Crippen LogP) is 5.21. The molecule has 0 heterocycles. The SMILES string of the molecule is CCCCCCOCCOCCOCCOCCO[Si](c1ccccc1)(c1ccccc1)C(C)(C)C. The van der Waals surface area contributed by atoms with Crippen LogP contribution in [0.3, 0.4) is 0 Å². The summed E-state index contributed by atoms with van der Waals surface area (Å²) in [6, 6.07) is 21.4. The van der Waals surface area contributed by atoms with Crippen molar-refractivity contribution in [1.82, 2.24) is 0 Å². The van der Waals surface area contributed by atoms with Gasteiger partial charge in [0.25, 0.3) is 8.32 Å². The Morgan fingerprint density at radius 3 is 1.36 bits per heavy atom. The van der Waals surface area contributed by atoms with Gasteiger partial charge in [-0.1, -0.05) is 108 Å². The van der Waals surface area contributed by atoms with Crippen LogP contribution >= 0.6 is 0 Å². The molecule has 0 amide bonds. The van der Waals surface area contributed by atoms with Gasteiger partial charge >= 0.3 is 0 Å². The summed E-state index contributed by atoms with van der Waals surface area (Å²) in [5, 5.41) is 2.54.